The molecule has 1 aromatic carbocycles. The molecule has 0 fully saturated rings. The first-order chi connectivity index (χ1) is 12.8. The summed E-state index contributed by atoms with van der Waals surface area (Å²) >= 11 is 0. The van der Waals surface area contributed by atoms with Gasteiger partial charge in [0.1, 0.15) is 0 Å². The standard InChI is InChI=1S/C18H32O7Si/c1-4-19-23-26(24-20-5-2,25-21-6-3)22-17-13-8-7-10-14-18-15-11-9-12-16-18/h9,11-12,15-16H,4-8,10,13-14,17H2,1-3H3. The lowest BCUT2D eigenvalue weighted by atomic mass is 10.1. The predicted molar refractivity (Wildman–Crippen MR) is 98.5 cm³/mol. The Kier molecular flexibility index (Phi) is 13.6. The predicted octanol–water partition coefficient (Wildman–Crippen LogP) is 4.15. The molecule has 0 aliphatic carbocycles. The molecule has 7 nitrogen and oxygen atoms in total. The normalized spacial score (nSPS) is 11.8. The Hall–Kier alpha value is -0.843. The molecule has 0 radical (unpaired) electrons. The smallest absolute Gasteiger partial charge is 0.347 e. The third-order valence-corrected chi connectivity index (χ3v) is 4.84. The van der Waals surface area contributed by atoms with Crippen molar-refractivity contribution in [2.24, 2.45) is 0 Å². The van der Waals surface area contributed by atoms with E-state index in [1.54, 1.807) is 20.8 Å². The third kappa shape index (κ3) is 10.3. The van der Waals surface area contributed by atoms with E-state index in [9.17, 15) is 0 Å². The second-order valence-corrected chi connectivity index (χ2v) is 7.26. The van der Waals surface area contributed by atoms with Crippen LogP contribution in [0.25, 0.3) is 0 Å². The van der Waals surface area contributed by atoms with Crippen molar-refractivity contribution in [2.75, 3.05) is 26.4 Å². The maximum Gasteiger partial charge on any atom is 0.764 e. The number of hydrogen-bond donors (Lipinski definition) is 0. The van der Waals surface area contributed by atoms with Crippen LogP contribution in [-0.2, 0) is 39.2 Å². The van der Waals surface area contributed by atoms with Crippen LogP contribution in [0.2, 0.25) is 0 Å². The van der Waals surface area contributed by atoms with Crippen LogP contribution in [0.4, 0.5) is 0 Å². The maximum absolute atomic E-state index is 5.70. The molecule has 0 spiro atoms. The summed E-state index contributed by atoms with van der Waals surface area (Å²) in [5.41, 5.74) is 1.37. The number of hydrogen-bond acceptors (Lipinski definition) is 7. The zero-order valence-electron chi connectivity index (χ0n) is 16.1. The average molecular weight is 389 g/mol. The highest BCUT2D eigenvalue weighted by molar-refractivity contribution is 6.52. The second-order valence-electron chi connectivity index (χ2n) is 5.47. The van der Waals surface area contributed by atoms with E-state index in [1.807, 2.05) is 6.07 Å². The topological polar surface area (TPSA) is 64.6 Å². The Balaban J connectivity index is 2.29. The number of rotatable bonds is 17. The summed E-state index contributed by atoms with van der Waals surface area (Å²) in [5.74, 6) is 0. The van der Waals surface area contributed by atoms with Gasteiger partial charge >= 0.3 is 9.05 Å². The van der Waals surface area contributed by atoms with Crippen LogP contribution in [0, 0.1) is 0 Å². The van der Waals surface area contributed by atoms with Crippen molar-refractivity contribution in [3.8, 4) is 0 Å². The fourth-order valence-electron chi connectivity index (χ4n) is 2.13. The van der Waals surface area contributed by atoms with E-state index in [-0.39, 0.29) is 0 Å². The van der Waals surface area contributed by atoms with Crippen molar-refractivity contribution >= 4 is 9.05 Å². The molecule has 26 heavy (non-hydrogen) atoms. The van der Waals surface area contributed by atoms with E-state index in [4.69, 9.17) is 32.8 Å². The van der Waals surface area contributed by atoms with Crippen LogP contribution in [0.15, 0.2) is 30.3 Å². The summed E-state index contributed by atoms with van der Waals surface area (Å²) in [5, 5.41) is 0. The molecule has 0 amide bonds. The molecule has 0 N–H and O–H groups in total. The molecule has 0 aromatic heterocycles. The van der Waals surface area contributed by atoms with Crippen molar-refractivity contribution in [2.45, 2.75) is 52.9 Å². The fraction of sp³-hybridized carbons (Fsp3) is 0.667. The first-order valence-corrected chi connectivity index (χ1v) is 11.0. The summed E-state index contributed by atoms with van der Waals surface area (Å²) in [6, 6.07) is 10.5. The molecule has 0 atom stereocenters. The Morgan fingerprint density at radius 3 is 1.77 bits per heavy atom. The highest BCUT2D eigenvalue weighted by Gasteiger charge is 2.52. The summed E-state index contributed by atoms with van der Waals surface area (Å²) in [6.45, 7) is 6.73. The molecule has 150 valence electrons. The lowest BCUT2D eigenvalue weighted by Gasteiger charge is -2.23. The van der Waals surface area contributed by atoms with Gasteiger partial charge in [-0.05, 0) is 45.6 Å². The molecular weight excluding hydrogens is 356 g/mol. The van der Waals surface area contributed by atoms with E-state index in [0.717, 1.165) is 32.1 Å². The largest absolute Gasteiger partial charge is 0.764 e. The second kappa shape index (κ2) is 15.2. The Morgan fingerprint density at radius 1 is 0.692 bits per heavy atom. The Labute approximate surface area is 157 Å². The maximum atomic E-state index is 5.70. The summed E-state index contributed by atoms with van der Waals surface area (Å²) in [4.78, 5) is 14.9. The minimum Gasteiger partial charge on any atom is -0.347 e. The highest BCUT2D eigenvalue weighted by atomic mass is 28.4. The number of benzene rings is 1. The molecular formula is C18H32O7Si. The molecule has 1 rings (SSSR count). The molecule has 0 bridgehead atoms. The fourth-order valence-corrected chi connectivity index (χ4v) is 3.54. The van der Waals surface area contributed by atoms with Gasteiger partial charge in [0.05, 0.1) is 19.8 Å². The first-order valence-electron chi connectivity index (χ1n) is 9.36. The van der Waals surface area contributed by atoms with E-state index >= 15 is 0 Å². The SMILES string of the molecule is CCOO[Si](OCCCCCCc1ccccc1)(OOCC)OOCC. The molecule has 0 unspecified atom stereocenters. The summed E-state index contributed by atoms with van der Waals surface area (Å²) < 4.78 is 21.3. The van der Waals surface area contributed by atoms with E-state index in [1.165, 1.54) is 5.56 Å². The minimum atomic E-state index is -3.65. The van der Waals surface area contributed by atoms with Gasteiger partial charge in [-0.25, -0.2) is 14.7 Å². The first kappa shape index (κ1) is 23.2. The van der Waals surface area contributed by atoms with Crippen molar-refractivity contribution < 1.29 is 32.8 Å². The van der Waals surface area contributed by atoms with Gasteiger partial charge in [0.15, 0.2) is 0 Å². The molecule has 0 saturated heterocycles. The van der Waals surface area contributed by atoms with Crippen LogP contribution in [0.3, 0.4) is 0 Å². The van der Waals surface area contributed by atoms with Gasteiger partial charge in [-0.1, -0.05) is 43.2 Å². The van der Waals surface area contributed by atoms with E-state index < -0.39 is 9.05 Å². The van der Waals surface area contributed by atoms with Crippen LogP contribution in [0.5, 0.6) is 0 Å². The Morgan fingerprint density at radius 2 is 1.23 bits per heavy atom. The van der Waals surface area contributed by atoms with Gasteiger partial charge in [-0.3, -0.25) is 0 Å². The molecule has 0 saturated carbocycles. The number of aryl methyl sites for hydroxylation is 1. The molecule has 0 aliphatic heterocycles. The minimum absolute atomic E-state index is 0.322. The Bertz CT molecular complexity index is 411. The van der Waals surface area contributed by atoms with Crippen LogP contribution in [0.1, 0.15) is 52.0 Å². The van der Waals surface area contributed by atoms with Gasteiger partial charge in [0.2, 0.25) is 0 Å². The molecule has 0 aliphatic rings. The zero-order chi connectivity index (χ0) is 18.9. The van der Waals surface area contributed by atoms with Crippen molar-refractivity contribution in [1.29, 1.82) is 0 Å². The van der Waals surface area contributed by atoms with E-state index in [2.05, 4.69) is 24.3 Å². The lowest BCUT2D eigenvalue weighted by molar-refractivity contribution is -0.385. The molecule has 1 aromatic rings. The summed E-state index contributed by atoms with van der Waals surface area (Å²) in [6.07, 6.45) is 5.25. The van der Waals surface area contributed by atoms with Gasteiger partial charge < -0.3 is 4.43 Å². The number of unbranched alkanes of at least 4 members (excludes halogenated alkanes) is 3. The highest BCUT2D eigenvalue weighted by Crippen LogP contribution is 2.15. The van der Waals surface area contributed by atoms with Gasteiger partial charge in [0.25, 0.3) is 0 Å². The quantitative estimate of drug-likeness (QED) is 0.172. The lowest BCUT2D eigenvalue weighted by Crippen LogP contribution is -2.49. The van der Waals surface area contributed by atoms with Gasteiger partial charge in [0, 0.05) is 6.61 Å². The van der Waals surface area contributed by atoms with Crippen LogP contribution in [-0.4, -0.2) is 35.5 Å². The van der Waals surface area contributed by atoms with Crippen molar-refractivity contribution in [1.82, 2.24) is 0 Å². The van der Waals surface area contributed by atoms with Crippen LogP contribution >= 0.6 is 0 Å². The van der Waals surface area contributed by atoms with Crippen molar-refractivity contribution in [3.63, 3.8) is 0 Å². The third-order valence-electron chi connectivity index (χ3n) is 3.32. The zero-order valence-corrected chi connectivity index (χ0v) is 17.1. The van der Waals surface area contributed by atoms with E-state index in [0.29, 0.717) is 26.4 Å². The average Bonchev–Trinajstić information content (AvgIpc) is 2.68. The van der Waals surface area contributed by atoms with Gasteiger partial charge in [-0.2, -0.15) is 13.7 Å². The van der Waals surface area contributed by atoms with Crippen LogP contribution < -0.4 is 0 Å². The monoisotopic (exact) mass is 388 g/mol. The summed E-state index contributed by atoms with van der Waals surface area (Å²) in [7, 11) is -3.65. The van der Waals surface area contributed by atoms with Gasteiger partial charge in [-0.15, -0.1) is 0 Å². The van der Waals surface area contributed by atoms with Crippen molar-refractivity contribution in [3.05, 3.63) is 35.9 Å². The molecule has 8 heteroatoms. The molecule has 0 heterocycles.